The molecule has 130 valence electrons. The van der Waals surface area contributed by atoms with Crippen LogP contribution in [0.15, 0.2) is 54.6 Å². The van der Waals surface area contributed by atoms with Gasteiger partial charge in [0.2, 0.25) is 0 Å². The first kappa shape index (κ1) is 18.3. The van der Waals surface area contributed by atoms with Gasteiger partial charge in [0.05, 0.1) is 13.2 Å². The zero-order chi connectivity index (χ0) is 16.9. The maximum Gasteiger partial charge on any atom is 0.123 e. The maximum absolute atomic E-state index is 5.74. The molecular weight excluding hydrogens is 304 g/mol. The van der Waals surface area contributed by atoms with Crippen molar-refractivity contribution in [2.24, 2.45) is 5.84 Å². The van der Waals surface area contributed by atoms with Crippen LogP contribution in [-0.2, 0) is 11.3 Å². The molecule has 0 saturated carbocycles. The average molecular weight is 330 g/mol. The minimum atomic E-state index is 0.526. The second-order valence-corrected chi connectivity index (χ2v) is 5.37. The summed E-state index contributed by atoms with van der Waals surface area (Å²) in [5.74, 6) is 6.81. The van der Waals surface area contributed by atoms with E-state index in [1.165, 1.54) is 5.56 Å². The molecule has 2 aromatic rings. The minimum Gasteiger partial charge on any atom is -0.493 e. The van der Waals surface area contributed by atoms with Crippen molar-refractivity contribution >= 4 is 0 Å². The standard InChI is InChI=1S/C19H26N2O3/c20-21-11-14-24-19-10-6-9-18(15-19)23-13-5-4-12-22-16-17-7-2-1-3-8-17/h1-3,6-10,15,21H,4-5,11-14,16,20H2. The van der Waals surface area contributed by atoms with Crippen LogP contribution in [0.1, 0.15) is 18.4 Å². The summed E-state index contributed by atoms with van der Waals surface area (Å²) in [7, 11) is 0. The first-order chi connectivity index (χ1) is 11.9. The molecule has 5 heteroatoms. The molecule has 24 heavy (non-hydrogen) atoms. The first-order valence-electron chi connectivity index (χ1n) is 8.29. The van der Waals surface area contributed by atoms with Gasteiger partial charge < -0.3 is 14.2 Å². The molecule has 0 aromatic heterocycles. The Morgan fingerprint density at radius 1 is 0.792 bits per heavy atom. The van der Waals surface area contributed by atoms with Gasteiger partial charge in [0.25, 0.3) is 0 Å². The van der Waals surface area contributed by atoms with E-state index in [0.29, 0.717) is 26.4 Å². The molecule has 2 aromatic carbocycles. The number of nitrogens with two attached hydrogens (primary N) is 1. The van der Waals surface area contributed by atoms with Crippen LogP contribution in [0.4, 0.5) is 0 Å². The third-order valence-electron chi connectivity index (χ3n) is 3.38. The highest BCUT2D eigenvalue weighted by Crippen LogP contribution is 2.19. The van der Waals surface area contributed by atoms with Crippen LogP contribution in [-0.4, -0.2) is 26.4 Å². The minimum absolute atomic E-state index is 0.526. The Balaban J connectivity index is 1.54. The summed E-state index contributed by atoms with van der Waals surface area (Å²) < 4.78 is 16.9. The number of ether oxygens (including phenoxy) is 3. The van der Waals surface area contributed by atoms with Crippen LogP contribution in [0.5, 0.6) is 11.5 Å². The molecule has 0 saturated heterocycles. The number of nitrogens with one attached hydrogen (secondary N) is 1. The van der Waals surface area contributed by atoms with Crippen LogP contribution in [0.2, 0.25) is 0 Å². The molecule has 0 radical (unpaired) electrons. The fourth-order valence-corrected chi connectivity index (χ4v) is 2.14. The number of hydrogen-bond donors (Lipinski definition) is 2. The molecule has 5 nitrogen and oxygen atoms in total. The fraction of sp³-hybridized carbons (Fsp3) is 0.368. The van der Waals surface area contributed by atoms with E-state index in [9.17, 15) is 0 Å². The molecule has 0 amide bonds. The lowest BCUT2D eigenvalue weighted by molar-refractivity contribution is 0.113. The Morgan fingerprint density at radius 3 is 2.25 bits per heavy atom. The quantitative estimate of drug-likeness (QED) is 0.356. The highest BCUT2D eigenvalue weighted by molar-refractivity contribution is 5.32. The van der Waals surface area contributed by atoms with Gasteiger partial charge >= 0.3 is 0 Å². The number of unbranched alkanes of at least 4 members (excludes halogenated alkanes) is 1. The molecule has 0 bridgehead atoms. The molecule has 0 aliphatic rings. The molecule has 0 atom stereocenters. The lowest BCUT2D eigenvalue weighted by atomic mass is 10.2. The summed E-state index contributed by atoms with van der Waals surface area (Å²) in [6, 6.07) is 17.8. The largest absolute Gasteiger partial charge is 0.493 e. The van der Waals surface area contributed by atoms with Gasteiger partial charge in [0.15, 0.2) is 0 Å². The topological polar surface area (TPSA) is 65.7 Å². The summed E-state index contributed by atoms with van der Waals surface area (Å²) >= 11 is 0. The van der Waals surface area contributed by atoms with Gasteiger partial charge in [0.1, 0.15) is 18.1 Å². The zero-order valence-corrected chi connectivity index (χ0v) is 13.9. The zero-order valence-electron chi connectivity index (χ0n) is 13.9. The van der Waals surface area contributed by atoms with Crippen molar-refractivity contribution in [1.29, 1.82) is 0 Å². The molecular formula is C19H26N2O3. The Kier molecular flexibility index (Phi) is 8.72. The van der Waals surface area contributed by atoms with E-state index in [1.807, 2.05) is 42.5 Å². The Labute approximate surface area is 143 Å². The fourth-order valence-electron chi connectivity index (χ4n) is 2.14. The number of hydrazine groups is 1. The summed E-state index contributed by atoms with van der Waals surface area (Å²) in [5, 5.41) is 0. The Bertz CT molecular complexity index is 564. The van der Waals surface area contributed by atoms with Crippen molar-refractivity contribution < 1.29 is 14.2 Å². The summed E-state index contributed by atoms with van der Waals surface area (Å²) in [6.07, 6.45) is 1.93. The number of rotatable bonds is 12. The van der Waals surface area contributed by atoms with Gasteiger partial charge in [-0.3, -0.25) is 11.3 Å². The molecule has 0 aliphatic heterocycles. The van der Waals surface area contributed by atoms with E-state index in [0.717, 1.165) is 30.9 Å². The second kappa shape index (κ2) is 11.5. The van der Waals surface area contributed by atoms with E-state index < -0.39 is 0 Å². The van der Waals surface area contributed by atoms with Crippen LogP contribution < -0.4 is 20.7 Å². The van der Waals surface area contributed by atoms with Crippen molar-refractivity contribution in [1.82, 2.24) is 5.43 Å². The molecule has 2 rings (SSSR count). The molecule has 0 spiro atoms. The lowest BCUT2D eigenvalue weighted by Crippen LogP contribution is -2.27. The van der Waals surface area contributed by atoms with Crippen LogP contribution in [0, 0.1) is 0 Å². The summed E-state index contributed by atoms with van der Waals surface area (Å²) in [4.78, 5) is 0. The third-order valence-corrected chi connectivity index (χ3v) is 3.38. The second-order valence-electron chi connectivity index (χ2n) is 5.37. The average Bonchev–Trinajstić information content (AvgIpc) is 2.62. The summed E-state index contributed by atoms with van der Waals surface area (Å²) in [5.41, 5.74) is 3.76. The van der Waals surface area contributed by atoms with Gasteiger partial charge in [0, 0.05) is 19.2 Å². The Morgan fingerprint density at radius 2 is 1.50 bits per heavy atom. The SMILES string of the molecule is NNCCOc1cccc(OCCCCOCc2ccccc2)c1. The lowest BCUT2D eigenvalue weighted by Gasteiger charge is -2.09. The van der Waals surface area contributed by atoms with Gasteiger partial charge in [-0.05, 0) is 30.5 Å². The predicted octanol–water partition coefficient (Wildman–Crippen LogP) is 2.90. The van der Waals surface area contributed by atoms with E-state index >= 15 is 0 Å². The molecule has 0 aliphatic carbocycles. The molecule has 0 unspecified atom stereocenters. The third kappa shape index (κ3) is 7.46. The molecule has 0 fully saturated rings. The highest BCUT2D eigenvalue weighted by Gasteiger charge is 1.98. The first-order valence-corrected chi connectivity index (χ1v) is 8.29. The smallest absolute Gasteiger partial charge is 0.123 e. The number of hydrogen-bond acceptors (Lipinski definition) is 5. The van der Waals surface area contributed by atoms with Crippen LogP contribution in [0.25, 0.3) is 0 Å². The highest BCUT2D eigenvalue weighted by atomic mass is 16.5. The summed E-state index contributed by atoms with van der Waals surface area (Å²) in [6.45, 7) is 3.21. The van der Waals surface area contributed by atoms with Crippen molar-refractivity contribution in [2.45, 2.75) is 19.4 Å². The van der Waals surface area contributed by atoms with Gasteiger partial charge in [-0.1, -0.05) is 36.4 Å². The van der Waals surface area contributed by atoms with Crippen molar-refractivity contribution in [3.8, 4) is 11.5 Å². The normalized spacial score (nSPS) is 10.5. The van der Waals surface area contributed by atoms with Crippen molar-refractivity contribution in [3.63, 3.8) is 0 Å². The monoisotopic (exact) mass is 330 g/mol. The van der Waals surface area contributed by atoms with Gasteiger partial charge in [-0.25, -0.2) is 0 Å². The molecule has 0 heterocycles. The van der Waals surface area contributed by atoms with E-state index in [1.54, 1.807) is 0 Å². The maximum atomic E-state index is 5.74. The molecule has 3 N–H and O–H groups in total. The van der Waals surface area contributed by atoms with E-state index in [-0.39, 0.29) is 0 Å². The van der Waals surface area contributed by atoms with E-state index in [2.05, 4.69) is 17.6 Å². The predicted molar refractivity (Wildman–Crippen MR) is 95.0 cm³/mol. The van der Waals surface area contributed by atoms with Crippen LogP contribution in [0.3, 0.4) is 0 Å². The number of benzene rings is 2. The van der Waals surface area contributed by atoms with E-state index in [4.69, 9.17) is 20.1 Å². The van der Waals surface area contributed by atoms with Gasteiger partial charge in [-0.2, -0.15) is 0 Å². The van der Waals surface area contributed by atoms with Crippen LogP contribution >= 0.6 is 0 Å². The van der Waals surface area contributed by atoms with Gasteiger partial charge in [-0.15, -0.1) is 0 Å². The van der Waals surface area contributed by atoms with Crippen molar-refractivity contribution in [3.05, 3.63) is 60.2 Å². The Hall–Kier alpha value is -2.08. The van der Waals surface area contributed by atoms with Crippen molar-refractivity contribution in [2.75, 3.05) is 26.4 Å².